The van der Waals surface area contributed by atoms with E-state index in [-0.39, 0.29) is 17.8 Å². The molecule has 1 aliphatic rings. The zero-order valence-corrected chi connectivity index (χ0v) is 15.3. The maximum Gasteiger partial charge on any atom is 0.278 e. The second kappa shape index (κ2) is 8.14. The largest absolute Gasteiger partial charge is 0.385 e. The number of benzene rings is 2. The molecule has 0 fully saturated rings. The van der Waals surface area contributed by atoms with Crippen LogP contribution >= 0.6 is 0 Å². The van der Waals surface area contributed by atoms with Gasteiger partial charge < -0.3 is 10.1 Å². The van der Waals surface area contributed by atoms with Gasteiger partial charge in [0, 0.05) is 25.9 Å². The molecule has 0 atom stereocenters. The SMILES string of the molecule is COCCCN1C(=O)C(Nc2cccc(C)c2)=C(c2ccc(F)cc2)C1=O. The summed E-state index contributed by atoms with van der Waals surface area (Å²) in [5, 5.41) is 3.09. The fourth-order valence-corrected chi connectivity index (χ4v) is 3.01. The zero-order chi connectivity index (χ0) is 19.4. The Hall–Kier alpha value is -2.99. The fourth-order valence-electron chi connectivity index (χ4n) is 3.01. The predicted molar refractivity (Wildman–Crippen MR) is 101 cm³/mol. The number of rotatable bonds is 7. The Kier molecular flexibility index (Phi) is 5.66. The van der Waals surface area contributed by atoms with Gasteiger partial charge in [-0.1, -0.05) is 24.3 Å². The highest BCUT2D eigenvalue weighted by atomic mass is 19.1. The second-order valence-corrected chi connectivity index (χ2v) is 6.36. The minimum absolute atomic E-state index is 0.203. The number of hydrogen-bond acceptors (Lipinski definition) is 4. The normalized spacial score (nSPS) is 14.3. The number of methoxy groups -OCH3 is 1. The molecule has 0 aliphatic carbocycles. The summed E-state index contributed by atoms with van der Waals surface area (Å²) in [6.45, 7) is 2.65. The number of ether oxygens (including phenoxy) is 1. The van der Waals surface area contributed by atoms with Crippen molar-refractivity contribution in [2.24, 2.45) is 0 Å². The predicted octanol–water partition coefficient (Wildman–Crippen LogP) is 3.36. The summed E-state index contributed by atoms with van der Waals surface area (Å²) in [6.07, 6.45) is 0.544. The van der Waals surface area contributed by atoms with Crippen molar-refractivity contribution in [2.45, 2.75) is 13.3 Å². The Morgan fingerprint density at radius 3 is 2.48 bits per heavy atom. The van der Waals surface area contributed by atoms with Crippen LogP contribution in [0.4, 0.5) is 10.1 Å². The summed E-state index contributed by atoms with van der Waals surface area (Å²) in [4.78, 5) is 27.1. The minimum Gasteiger partial charge on any atom is -0.385 e. The molecule has 1 heterocycles. The second-order valence-electron chi connectivity index (χ2n) is 6.36. The Balaban J connectivity index is 1.99. The lowest BCUT2D eigenvalue weighted by atomic mass is 10.0. The van der Waals surface area contributed by atoms with Crippen molar-refractivity contribution in [3.05, 3.63) is 71.2 Å². The van der Waals surface area contributed by atoms with Gasteiger partial charge in [0.2, 0.25) is 0 Å². The van der Waals surface area contributed by atoms with Crippen molar-refractivity contribution in [1.29, 1.82) is 0 Å². The number of amides is 2. The van der Waals surface area contributed by atoms with Crippen molar-refractivity contribution < 1.29 is 18.7 Å². The van der Waals surface area contributed by atoms with Crippen LogP contribution in [-0.2, 0) is 14.3 Å². The van der Waals surface area contributed by atoms with Crippen molar-refractivity contribution in [1.82, 2.24) is 4.90 Å². The maximum absolute atomic E-state index is 13.3. The Morgan fingerprint density at radius 2 is 1.81 bits per heavy atom. The molecule has 2 aromatic carbocycles. The van der Waals surface area contributed by atoms with Gasteiger partial charge in [-0.15, -0.1) is 0 Å². The van der Waals surface area contributed by atoms with Gasteiger partial charge >= 0.3 is 0 Å². The molecular formula is C21H21FN2O3. The maximum atomic E-state index is 13.3. The first kappa shape index (κ1) is 18.8. The van der Waals surface area contributed by atoms with Crippen LogP contribution in [0.25, 0.3) is 5.57 Å². The van der Waals surface area contributed by atoms with Crippen LogP contribution in [0.1, 0.15) is 17.5 Å². The molecule has 0 spiro atoms. The van der Waals surface area contributed by atoms with Crippen molar-refractivity contribution in [3.63, 3.8) is 0 Å². The molecule has 2 amide bonds. The van der Waals surface area contributed by atoms with E-state index in [0.29, 0.717) is 24.3 Å². The number of hydrogen-bond donors (Lipinski definition) is 1. The molecule has 5 nitrogen and oxygen atoms in total. The van der Waals surface area contributed by atoms with Crippen LogP contribution in [0.5, 0.6) is 0 Å². The summed E-state index contributed by atoms with van der Waals surface area (Å²) < 4.78 is 18.3. The molecule has 6 heteroatoms. The number of nitrogens with one attached hydrogen (secondary N) is 1. The first-order valence-electron chi connectivity index (χ1n) is 8.70. The van der Waals surface area contributed by atoms with Crippen LogP contribution in [-0.4, -0.2) is 37.0 Å². The average Bonchev–Trinajstić information content (AvgIpc) is 2.87. The molecule has 0 bridgehead atoms. The first-order chi connectivity index (χ1) is 13.0. The van der Waals surface area contributed by atoms with E-state index in [0.717, 1.165) is 5.56 Å². The average molecular weight is 368 g/mol. The van der Waals surface area contributed by atoms with E-state index >= 15 is 0 Å². The number of anilines is 1. The summed E-state index contributed by atoms with van der Waals surface area (Å²) in [5.74, 6) is -1.18. The third kappa shape index (κ3) is 4.06. The molecule has 0 saturated carbocycles. The molecule has 1 aliphatic heterocycles. The van der Waals surface area contributed by atoms with Crippen molar-refractivity contribution in [2.75, 3.05) is 25.6 Å². The van der Waals surface area contributed by atoms with Crippen LogP contribution in [0, 0.1) is 12.7 Å². The number of nitrogens with zero attached hydrogens (tertiary/aromatic N) is 1. The first-order valence-corrected chi connectivity index (χ1v) is 8.70. The zero-order valence-electron chi connectivity index (χ0n) is 15.3. The smallest absolute Gasteiger partial charge is 0.278 e. The lowest BCUT2D eigenvalue weighted by Gasteiger charge is -2.15. The molecule has 3 rings (SSSR count). The number of aryl methyl sites for hydroxylation is 1. The van der Waals surface area contributed by atoms with Gasteiger partial charge in [-0.05, 0) is 48.7 Å². The Bertz CT molecular complexity index is 891. The van der Waals surface area contributed by atoms with E-state index in [1.54, 1.807) is 7.11 Å². The fraction of sp³-hybridized carbons (Fsp3) is 0.238. The van der Waals surface area contributed by atoms with Crippen LogP contribution in [0.2, 0.25) is 0 Å². The summed E-state index contributed by atoms with van der Waals surface area (Å²) in [6, 6.07) is 13.1. The lowest BCUT2D eigenvalue weighted by Crippen LogP contribution is -2.33. The molecule has 140 valence electrons. The standard InChI is InChI=1S/C21H21FN2O3/c1-14-5-3-6-17(13-14)23-19-18(15-7-9-16(22)10-8-15)20(25)24(21(19)26)11-4-12-27-2/h3,5-10,13,23H,4,11-12H2,1-2H3. The van der Waals surface area contributed by atoms with Gasteiger partial charge in [-0.2, -0.15) is 0 Å². The van der Waals surface area contributed by atoms with Gasteiger partial charge in [0.05, 0.1) is 5.57 Å². The van der Waals surface area contributed by atoms with Crippen molar-refractivity contribution >= 4 is 23.1 Å². The van der Waals surface area contributed by atoms with E-state index in [1.165, 1.54) is 29.2 Å². The van der Waals surface area contributed by atoms with Gasteiger partial charge in [0.1, 0.15) is 11.5 Å². The van der Waals surface area contributed by atoms with Gasteiger partial charge in [0.25, 0.3) is 11.8 Å². The third-order valence-electron chi connectivity index (χ3n) is 4.32. The quantitative estimate of drug-likeness (QED) is 0.601. The van der Waals surface area contributed by atoms with E-state index in [9.17, 15) is 14.0 Å². The summed E-state index contributed by atoms with van der Waals surface area (Å²) in [5.41, 5.74) is 2.69. The highest BCUT2D eigenvalue weighted by Crippen LogP contribution is 2.30. The van der Waals surface area contributed by atoms with Crippen LogP contribution in [0.15, 0.2) is 54.2 Å². The number of imide groups is 1. The van der Waals surface area contributed by atoms with E-state index in [1.807, 2.05) is 31.2 Å². The van der Waals surface area contributed by atoms with E-state index < -0.39 is 17.6 Å². The topological polar surface area (TPSA) is 58.6 Å². The molecule has 0 unspecified atom stereocenters. The van der Waals surface area contributed by atoms with Crippen molar-refractivity contribution in [3.8, 4) is 0 Å². The summed E-state index contributed by atoms with van der Waals surface area (Å²) in [7, 11) is 1.57. The van der Waals surface area contributed by atoms with Crippen LogP contribution in [0.3, 0.4) is 0 Å². The Morgan fingerprint density at radius 1 is 1.07 bits per heavy atom. The van der Waals surface area contributed by atoms with Gasteiger partial charge in [0.15, 0.2) is 0 Å². The molecule has 1 N–H and O–H groups in total. The van der Waals surface area contributed by atoms with E-state index in [2.05, 4.69) is 5.32 Å². The third-order valence-corrected chi connectivity index (χ3v) is 4.32. The highest BCUT2D eigenvalue weighted by Gasteiger charge is 2.38. The van der Waals surface area contributed by atoms with Crippen LogP contribution < -0.4 is 5.32 Å². The molecule has 2 aromatic rings. The number of carbonyl (C=O) groups is 2. The molecular weight excluding hydrogens is 347 g/mol. The number of carbonyl (C=O) groups excluding carboxylic acids is 2. The molecule has 0 radical (unpaired) electrons. The minimum atomic E-state index is -0.402. The number of halogens is 1. The summed E-state index contributed by atoms with van der Waals surface area (Å²) >= 11 is 0. The molecule has 27 heavy (non-hydrogen) atoms. The highest BCUT2D eigenvalue weighted by molar-refractivity contribution is 6.36. The monoisotopic (exact) mass is 368 g/mol. The molecule has 0 aromatic heterocycles. The van der Waals surface area contributed by atoms with Gasteiger partial charge in [-0.25, -0.2) is 4.39 Å². The molecule has 0 saturated heterocycles. The lowest BCUT2D eigenvalue weighted by molar-refractivity contribution is -0.136. The van der Waals surface area contributed by atoms with E-state index in [4.69, 9.17) is 4.74 Å². The van der Waals surface area contributed by atoms with Gasteiger partial charge in [-0.3, -0.25) is 14.5 Å². The Labute approximate surface area is 157 Å².